The van der Waals surface area contributed by atoms with Crippen molar-refractivity contribution in [2.75, 3.05) is 13.2 Å². The topological polar surface area (TPSA) is 88.1 Å². The first-order valence-corrected chi connectivity index (χ1v) is 4.81. The van der Waals surface area contributed by atoms with E-state index < -0.39 is 28.8 Å². The second kappa shape index (κ2) is 2.82. The molecule has 0 aromatic carbocycles. The molecular formula is C5H6O7S. The highest BCUT2D eigenvalue weighted by atomic mass is 32.3. The molecule has 0 radical (unpaired) electrons. The zero-order chi connectivity index (χ0) is 9.47. The molecule has 7 nitrogen and oxygen atoms in total. The molecule has 2 aliphatic rings. The van der Waals surface area contributed by atoms with Crippen molar-refractivity contribution in [3.8, 4) is 0 Å². The van der Waals surface area contributed by atoms with E-state index in [2.05, 4.69) is 17.8 Å². The fourth-order valence-corrected chi connectivity index (χ4v) is 1.89. The molecule has 0 spiro atoms. The van der Waals surface area contributed by atoms with Crippen LogP contribution in [0.5, 0.6) is 0 Å². The van der Waals surface area contributed by atoms with Crippen LogP contribution in [0.3, 0.4) is 0 Å². The maximum absolute atomic E-state index is 10.7. The van der Waals surface area contributed by atoms with Gasteiger partial charge >= 0.3 is 16.6 Å². The van der Waals surface area contributed by atoms with Crippen LogP contribution in [-0.2, 0) is 28.2 Å². The molecule has 0 bridgehead atoms. The quantitative estimate of drug-likeness (QED) is 0.522. The molecule has 2 unspecified atom stereocenters. The summed E-state index contributed by atoms with van der Waals surface area (Å²) in [7, 11) is -3.90. The van der Waals surface area contributed by atoms with Gasteiger partial charge in [0, 0.05) is 0 Å². The average molecular weight is 210 g/mol. The van der Waals surface area contributed by atoms with E-state index in [1.54, 1.807) is 0 Å². The van der Waals surface area contributed by atoms with E-state index in [1.807, 2.05) is 0 Å². The van der Waals surface area contributed by atoms with E-state index in [0.29, 0.717) is 0 Å². The molecule has 2 rings (SSSR count). The summed E-state index contributed by atoms with van der Waals surface area (Å²) in [5, 5.41) is 0. The Balaban J connectivity index is 2.00. The van der Waals surface area contributed by atoms with E-state index in [4.69, 9.17) is 0 Å². The Kier molecular flexibility index (Phi) is 1.90. The highest BCUT2D eigenvalue weighted by molar-refractivity contribution is 7.82. The number of hydrogen-bond acceptors (Lipinski definition) is 7. The van der Waals surface area contributed by atoms with E-state index in [9.17, 15) is 13.2 Å². The normalized spacial score (nSPS) is 37.1. The standard InChI is InChI=1S/C5H6O7S/c6-5-9-1-3(11-5)4-2-10-13(7,8)12-4/h3-4H,1-2H2. The number of carbonyl (C=O) groups excluding carboxylic acids is 1. The number of cyclic esters (lactones) is 2. The SMILES string of the molecule is O=C1OCC(C2COS(=O)(=O)O2)O1. The molecule has 2 atom stereocenters. The van der Waals surface area contributed by atoms with Gasteiger partial charge in [-0.05, 0) is 0 Å². The zero-order valence-corrected chi connectivity index (χ0v) is 7.15. The first-order valence-electron chi connectivity index (χ1n) is 3.48. The summed E-state index contributed by atoms with van der Waals surface area (Å²) >= 11 is 0. The summed E-state index contributed by atoms with van der Waals surface area (Å²) in [6.45, 7) is -0.161. The lowest BCUT2D eigenvalue weighted by atomic mass is 10.2. The van der Waals surface area contributed by atoms with Gasteiger partial charge < -0.3 is 9.47 Å². The van der Waals surface area contributed by atoms with Crippen LogP contribution >= 0.6 is 0 Å². The summed E-state index contributed by atoms with van der Waals surface area (Å²) in [6, 6.07) is 0. The summed E-state index contributed by atoms with van der Waals surface area (Å²) in [5.74, 6) is 0. The third-order valence-electron chi connectivity index (χ3n) is 1.65. The van der Waals surface area contributed by atoms with E-state index in [0.717, 1.165) is 0 Å². The van der Waals surface area contributed by atoms with Crippen LogP contribution in [0.25, 0.3) is 0 Å². The van der Waals surface area contributed by atoms with Crippen LogP contribution in [0, 0.1) is 0 Å². The zero-order valence-electron chi connectivity index (χ0n) is 6.33. The third-order valence-corrected chi connectivity index (χ3v) is 2.55. The summed E-state index contributed by atoms with van der Waals surface area (Å²) in [4.78, 5) is 10.5. The van der Waals surface area contributed by atoms with Crippen molar-refractivity contribution in [2.45, 2.75) is 12.2 Å². The van der Waals surface area contributed by atoms with Gasteiger partial charge in [-0.25, -0.2) is 13.2 Å². The number of rotatable bonds is 1. The van der Waals surface area contributed by atoms with Crippen LogP contribution in [0.15, 0.2) is 0 Å². The van der Waals surface area contributed by atoms with Gasteiger partial charge in [0.2, 0.25) is 0 Å². The minimum atomic E-state index is -3.90. The van der Waals surface area contributed by atoms with Crippen molar-refractivity contribution in [2.24, 2.45) is 0 Å². The molecular weight excluding hydrogens is 204 g/mol. The molecule has 0 aromatic rings. The largest absolute Gasteiger partial charge is 0.508 e. The molecule has 0 N–H and O–H groups in total. The molecule has 8 heteroatoms. The van der Waals surface area contributed by atoms with Crippen LogP contribution in [-0.4, -0.2) is 40.0 Å². The van der Waals surface area contributed by atoms with Gasteiger partial charge in [-0.2, -0.15) is 8.42 Å². The summed E-state index contributed by atoms with van der Waals surface area (Å²) in [5.41, 5.74) is 0. The molecule has 2 aliphatic heterocycles. The van der Waals surface area contributed by atoms with Crippen LogP contribution in [0.2, 0.25) is 0 Å². The van der Waals surface area contributed by atoms with Crippen LogP contribution in [0.1, 0.15) is 0 Å². The minimum absolute atomic E-state index is 0.0115. The molecule has 13 heavy (non-hydrogen) atoms. The van der Waals surface area contributed by atoms with Crippen molar-refractivity contribution in [1.29, 1.82) is 0 Å². The summed E-state index contributed by atoms with van der Waals surface area (Å²) in [6.07, 6.45) is -2.32. The smallest absolute Gasteiger partial charge is 0.430 e. The van der Waals surface area contributed by atoms with Crippen LogP contribution < -0.4 is 0 Å². The van der Waals surface area contributed by atoms with E-state index in [1.165, 1.54) is 0 Å². The first-order chi connectivity index (χ1) is 6.07. The molecule has 2 fully saturated rings. The third kappa shape index (κ3) is 1.74. The van der Waals surface area contributed by atoms with Gasteiger partial charge in [0.1, 0.15) is 19.3 Å². The number of ether oxygens (including phenoxy) is 2. The van der Waals surface area contributed by atoms with Crippen molar-refractivity contribution in [1.82, 2.24) is 0 Å². The molecule has 0 aromatic heterocycles. The molecule has 2 saturated heterocycles. The average Bonchev–Trinajstić information content (AvgIpc) is 2.56. The predicted molar refractivity (Wildman–Crippen MR) is 36.0 cm³/mol. The first kappa shape index (κ1) is 8.73. The Morgan fingerprint density at radius 3 is 2.46 bits per heavy atom. The van der Waals surface area contributed by atoms with Gasteiger partial charge in [-0.1, -0.05) is 0 Å². The number of carbonyl (C=O) groups is 1. The van der Waals surface area contributed by atoms with Gasteiger partial charge in [0.15, 0.2) is 6.10 Å². The van der Waals surface area contributed by atoms with Crippen molar-refractivity contribution in [3.05, 3.63) is 0 Å². The van der Waals surface area contributed by atoms with Gasteiger partial charge in [-0.3, -0.25) is 0 Å². The highest BCUT2D eigenvalue weighted by Crippen LogP contribution is 2.21. The van der Waals surface area contributed by atoms with Gasteiger partial charge in [-0.15, -0.1) is 0 Å². The predicted octanol–water partition coefficient (Wildman–Crippen LogP) is -0.818. The van der Waals surface area contributed by atoms with E-state index >= 15 is 0 Å². The molecule has 0 saturated carbocycles. The lowest BCUT2D eigenvalue weighted by molar-refractivity contribution is 0.0598. The Hall–Kier alpha value is -0.860. The second-order valence-corrected chi connectivity index (χ2v) is 3.79. The number of hydrogen-bond donors (Lipinski definition) is 0. The lowest BCUT2D eigenvalue weighted by Crippen LogP contribution is -2.30. The second-order valence-electron chi connectivity index (χ2n) is 2.54. The molecule has 2 heterocycles. The van der Waals surface area contributed by atoms with Gasteiger partial charge in [0.05, 0.1) is 0 Å². The monoisotopic (exact) mass is 210 g/mol. The summed E-state index contributed by atoms with van der Waals surface area (Å²) < 4.78 is 39.1. The maximum atomic E-state index is 10.7. The molecule has 0 amide bonds. The van der Waals surface area contributed by atoms with Crippen molar-refractivity contribution in [3.63, 3.8) is 0 Å². The van der Waals surface area contributed by atoms with Gasteiger partial charge in [0.25, 0.3) is 0 Å². The fourth-order valence-electron chi connectivity index (χ4n) is 1.05. The Labute approximate surface area is 73.8 Å². The Morgan fingerprint density at radius 2 is 2.00 bits per heavy atom. The minimum Gasteiger partial charge on any atom is -0.430 e. The van der Waals surface area contributed by atoms with Crippen molar-refractivity contribution >= 4 is 16.6 Å². The molecule has 0 aliphatic carbocycles. The molecule has 74 valence electrons. The maximum Gasteiger partial charge on any atom is 0.508 e. The Bertz CT molecular complexity index is 320. The highest BCUT2D eigenvalue weighted by Gasteiger charge is 2.41. The van der Waals surface area contributed by atoms with Crippen molar-refractivity contribution < 1.29 is 31.1 Å². The Morgan fingerprint density at radius 1 is 1.23 bits per heavy atom. The lowest BCUT2D eigenvalue weighted by Gasteiger charge is -2.09. The van der Waals surface area contributed by atoms with E-state index in [-0.39, 0.29) is 13.2 Å². The fraction of sp³-hybridized carbons (Fsp3) is 0.800. The van der Waals surface area contributed by atoms with Crippen LogP contribution in [0.4, 0.5) is 4.79 Å².